The Morgan fingerprint density at radius 1 is 0.977 bits per heavy atom. The molecule has 0 spiro atoms. The zero-order valence-electron chi connectivity index (χ0n) is 27.2. The Kier molecular flexibility index (Phi) is 12.3. The molecule has 0 radical (unpaired) electrons. The average Bonchev–Trinajstić information content (AvgIpc) is 2.96. The molecular weight excluding hydrogens is 548 g/mol. The summed E-state index contributed by atoms with van der Waals surface area (Å²) >= 11 is 0. The molecule has 0 bridgehead atoms. The molecule has 2 aliphatic rings. The van der Waals surface area contributed by atoms with E-state index in [4.69, 9.17) is 23.7 Å². The second-order valence-electron chi connectivity index (χ2n) is 11.7. The molecule has 3 rings (SSSR count). The van der Waals surface area contributed by atoms with Gasteiger partial charge in [-0.2, -0.15) is 0 Å². The molecule has 9 heteroatoms. The maximum Gasteiger partial charge on any atom is 0.352 e. The van der Waals surface area contributed by atoms with Crippen LogP contribution in [0.15, 0.2) is 59.6 Å². The van der Waals surface area contributed by atoms with Gasteiger partial charge in [-0.15, -0.1) is 0 Å². The standard InChI is InChI=1S/C34H50N2O7/c1-9-11-12-16-24(3)36(23-26-18-20-27(21-19-26)41-25(4)15-10-2)30(29-31(37)42-33(5,6)43-32(29)38)35-28-17-13-14-22-34(28,39-7)40-8/h13-14,17-21,24-25,35H,9-12,15-16,22-23H2,1-8H3. The first-order valence-electron chi connectivity index (χ1n) is 15.5. The highest BCUT2D eigenvalue weighted by atomic mass is 16.7. The third-order valence-corrected chi connectivity index (χ3v) is 7.78. The van der Waals surface area contributed by atoms with Gasteiger partial charge in [0.05, 0.1) is 11.8 Å². The van der Waals surface area contributed by atoms with Crippen LogP contribution in [0.3, 0.4) is 0 Å². The van der Waals surface area contributed by atoms with Gasteiger partial charge in [0.2, 0.25) is 5.79 Å². The minimum absolute atomic E-state index is 0.0585. The number of rotatable bonds is 16. The molecule has 1 heterocycles. The summed E-state index contributed by atoms with van der Waals surface area (Å²) in [5, 5.41) is 3.39. The summed E-state index contributed by atoms with van der Waals surface area (Å²) in [6.07, 6.45) is 12.2. The number of esters is 2. The van der Waals surface area contributed by atoms with Crippen molar-refractivity contribution in [3.8, 4) is 5.75 Å². The number of unbranched alkanes of at least 4 members (excludes halogenated alkanes) is 2. The van der Waals surface area contributed by atoms with E-state index >= 15 is 0 Å². The van der Waals surface area contributed by atoms with Crippen LogP contribution in [0.4, 0.5) is 0 Å². The molecule has 0 saturated carbocycles. The first kappa shape index (κ1) is 34.2. The summed E-state index contributed by atoms with van der Waals surface area (Å²) in [7, 11) is 3.12. The fourth-order valence-corrected chi connectivity index (χ4v) is 5.35. The lowest BCUT2D eigenvalue weighted by Crippen LogP contribution is -2.50. The molecule has 2 unspecified atom stereocenters. The van der Waals surface area contributed by atoms with E-state index < -0.39 is 23.5 Å². The van der Waals surface area contributed by atoms with Crippen molar-refractivity contribution in [2.75, 3.05) is 14.2 Å². The van der Waals surface area contributed by atoms with Gasteiger partial charge in [0.1, 0.15) is 11.6 Å². The molecule has 2 atom stereocenters. The van der Waals surface area contributed by atoms with Crippen LogP contribution in [-0.4, -0.2) is 54.8 Å². The number of carbonyl (C=O) groups is 2. The minimum Gasteiger partial charge on any atom is -0.491 e. The zero-order chi connectivity index (χ0) is 31.6. The highest BCUT2D eigenvalue weighted by molar-refractivity contribution is 6.16. The van der Waals surface area contributed by atoms with Crippen molar-refractivity contribution in [3.05, 3.63) is 65.1 Å². The predicted octanol–water partition coefficient (Wildman–Crippen LogP) is 6.50. The predicted molar refractivity (Wildman–Crippen MR) is 166 cm³/mol. The summed E-state index contributed by atoms with van der Waals surface area (Å²) in [4.78, 5) is 29.0. The van der Waals surface area contributed by atoms with E-state index in [1.165, 1.54) is 13.8 Å². The Bertz CT molecular complexity index is 1160. The maximum atomic E-state index is 13.5. The first-order chi connectivity index (χ1) is 20.5. The van der Waals surface area contributed by atoms with Gasteiger partial charge in [0.25, 0.3) is 5.79 Å². The van der Waals surface area contributed by atoms with Crippen LogP contribution in [0.1, 0.15) is 92.1 Å². The molecule has 1 aliphatic carbocycles. The molecule has 9 nitrogen and oxygen atoms in total. The van der Waals surface area contributed by atoms with Gasteiger partial charge in [0.15, 0.2) is 5.57 Å². The quantitative estimate of drug-likeness (QED) is 0.0753. The Morgan fingerprint density at radius 2 is 1.63 bits per heavy atom. The van der Waals surface area contributed by atoms with Crippen molar-refractivity contribution in [3.63, 3.8) is 0 Å². The number of hydrogen-bond acceptors (Lipinski definition) is 9. The Labute approximate surface area is 257 Å². The van der Waals surface area contributed by atoms with Crippen LogP contribution in [0.25, 0.3) is 0 Å². The Balaban J connectivity index is 2.10. The van der Waals surface area contributed by atoms with Crippen LogP contribution in [0.2, 0.25) is 0 Å². The fourth-order valence-electron chi connectivity index (χ4n) is 5.35. The van der Waals surface area contributed by atoms with E-state index in [1.807, 2.05) is 47.4 Å². The Hall–Kier alpha value is -3.30. The van der Waals surface area contributed by atoms with Crippen molar-refractivity contribution in [1.82, 2.24) is 10.2 Å². The number of cyclic esters (lactones) is 2. The molecule has 43 heavy (non-hydrogen) atoms. The summed E-state index contributed by atoms with van der Waals surface area (Å²) in [6.45, 7) is 12.0. The van der Waals surface area contributed by atoms with Crippen molar-refractivity contribution in [1.29, 1.82) is 0 Å². The largest absolute Gasteiger partial charge is 0.491 e. The van der Waals surface area contributed by atoms with E-state index in [2.05, 4.69) is 33.0 Å². The van der Waals surface area contributed by atoms with Gasteiger partial charge in [-0.1, -0.05) is 63.8 Å². The number of ether oxygens (including phenoxy) is 5. The molecule has 238 valence electrons. The molecule has 1 saturated heterocycles. The van der Waals surface area contributed by atoms with Gasteiger partial charge in [-0.05, 0) is 50.5 Å². The van der Waals surface area contributed by atoms with Gasteiger partial charge in [0, 0.05) is 47.1 Å². The number of benzene rings is 1. The lowest BCUT2D eigenvalue weighted by Gasteiger charge is -2.40. The third kappa shape index (κ3) is 8.86. The molecule has 1 aromatic carbocycles. The molecule has 0 aromatic heterocycles. The summed E-state index contributed by atoms with van der Waals surface area (Å²) in [5.41, 5.74) is 1.33. The lowest BCUT2D eigenvalue weighted by molar-refractivity contribution is -0.222. The third-order valence-electron chi connectivity index (χ3n) is 7.78. The van der Waals surface area contributed by atoms with Gasteiger partial charge >= 0.3 is 11.9 Å². The summed E-state index contributed by atoms with van der Waals surface area (Å²) in [5.74, 6) is -2.93. The molecule has 1 aromatic rings. The van der Waals surface area contributed by atoms with E-state index in [-0.39, 0.29) is 23.5 Å². The van der Waals surface area contributed by atoms with E-state index in [9.17, 15) is 9.59 Å². The highest BCUT2D eigenvalue weighted by Gasteiger charge is 2.44. The van der Waals surface area contributed by atoms with Gasteiger partial charge < -0.3 is 33.9 Å². The topological polar surface area (TPSA) is 95.6 Å². The van der Waals surface area contributed by atoms with E-state index in [1.54, 1.807) is 14.2 Å². The summed E-state index contributed by atoms with van der Waals surface area (Å²) < 4.78 is 28.8. The van der Waals surface area contributed by atoms with Crippen molar-refractivity contribution in [2.45, 2.75) is 117 Å². The number of allylic oxidation sites excluding steroid dienone is 2. The lowest BCUT2D eigenvalue weighted by atomic mass is 10.0. The van der Waals surface area contributed by atoms with Crippen LogP contribution in [0.5, 0.6) is 5.75 Å². The molecule has 1 aliphatic heterocycles. The van der Waals surface area contributed by atoms with Crippen LogP contribution in [0, 0.1) is 0 Å². The highest BCUT2D eigenvalue weighted by Crippen LogP contribution is 2.33. The number of carbonyl (C=O) groups excluding carboxylic acids is 2. The van der Waals surface area contributed by atoms with Crippen molar-refractivity contribution in [2.24, 2.45) is 0 Å². The normalized spacial score (nSPS) is 18.7. The number of hydrogen-bond donors (Lipinski definition) is 1. The number of nitrogens with zero attached hydrogens (tertiary/aromatic N) is 1. The van der Waals surface area contributed by atoms with E-state index in [0.717, 1.165) is 49.8 Å². The van der Waals surface area contributed by atoms with Crippen molar-refractivity contribution >= 4 is 11.9 Å². The SMILES string of the molecule is CCCCCC(C)N(Cc1ccc(OC(C)CCC)cc1)C(NC1=CC=CCC1(OC)OC)=C1C(=O)OC(C)(C)OC1=O. The minimum atomic E-state index is -1.37. The molecular formula is C34H50N2O7. The molecule has 1 fully saturated rings. The zero-order valence-corrected chi connectivity index (χ0v) is 27.2. The first-order valence-corrected chi connectivity index (χ1v) is 15.5. The second kappa shape index (κ2) is 15.4. The fraction of sp³-hybridized carbons (Fsp3) is 0.588. The average molecular weight is 599 g/mol. The maximum absolute atomic E-state index is 13.5. The van der Waals surface area contributed by atoms with Gasteiger partial charge in [-0.3, -0.25) is 0 Å². The second-order valence-corrected chi connectivity index (χ2v) is 11.7. The number of methoxy groups -OCH3 is 2. The molecule has 1 N–H and O–H groups in total. The van der Waals surface area contributed by atoms with Crippen LogP contribution in [-0.2, 0) is 35.1 Å². The Morgan fingerprint density at radius 3 is 2.21 bits per heavy atom. The van der Waals surface area contributed by atoms with Crippen LogP contribution >= 0.6 is 0 Å². The van der Waals surface area contributed by atoms with E-state index in [0.29, 0.717) is 18.7 Å². The summed E-state index contributed by atoms with van der Waals surface area (Å²) in [6, 6.07) is 7.89. The number of nitrogens with one attached hydrogen (secondary N) is 1. The van der Waals surface area contributed by atoms with Gasteiger partial charge in [-0.25, -0.2) is 9.59 Å². The van der Waals surface area contributed by atoms with Crippen LogP contribution < -0.4 is 10.1 Å². The smallest absolute Gasteiger partial charge is 0.352 e. The monoisotopic (exact) mass is 598 g/mol. The molecule has 0 amide bonds. The van der Waals surface area contributed by atoms with Crippen molar-refractivity contribution < 1.29 is 33.3 Å².